The first-order chi connectivity index (χ1) is 7.92. The highest BCUT2D eigenvalue weighted by Crippen LogP contribution is 2.22. The van der Waals surface area contributed by atoms with Gasteiger partial charge in [-0.05, 0) is 42.5 Å². The summed E-state index contributed by atoms with van der Waals surface area (Å²) in [5.74, 6) is 0. The highest BCUT2D eigenvalue weighted by atomic mass is 16.5. The molecule has 2 aliphatic rings. The lowest BCUT2D eigenvalue weighted by molar-refractivity contribution is 0.134. The van der Waals surface area contributed by atoms with Gasteiger partial charge in [-0.2, -0.15) is 0 Å². The lowest BCUT2D eigenvalue weighted by Crippen LogP contribution is -2.35. The predicted molar refractivity (Wildman–Crippen MR) is 64.3 cm³/mol. The van der Waals surface area contributed by atoms with E-state index in [0.717, 1.165) is 13.2 Å². The molecule has 2 heterocycles. The molecule has 1 aromatic rings. The van der Waals surface area contributed by atoms with Crippen LogP contribution in [-0.4, -0.2) is 12.6 Å². The first-order valence-electron chi connectivity index (χ1n) is 6.33. The summed E-state index contributed by atoms with van der Waals surface area (Å²) < 4.78 is 5.44. The van der Waals surface area contributed by atoms with E-state index in [-0.39, 0.29) is 0 Å². The van der Waals surface area contributed by atoms with E-state index >= 15 is 0 Å². The fourth-order valence-corrected chi connectivity index (χ4v) is 2.74. The summed E-state index contributed by atoms with van der Waals surface area (Å²) in [4.78, 5) is 0. The zero-order valence-electron chi connectivity index (χ0n) is 9.67. The second-order valence-corrected chi connectivity index (χ2v) is 4.95. The first-order valence-corrected chi connectivity index (χ1v) is 6.33. The summed E-state index contributed by atoms with van der Waals surface area (Å²) in [6.45, 7) is 2.80. The van der Waals surface area contributed by atoms with Crippen LogP contribution < -0.4 is 5.32 Å². The van der Waals surface area contributed by atoms with Crippen LogP contribution in [0.3, 0.4) is 0 Å². The van der Waals surface area contributed by atoms with Crippen molar-refractivity contribution in [3.05, 3.63) is 34.9 Å². The van der Waals surface area contributed by atoms with E-state index in [0.29, 0.717) is 6.04 Å². The van der Waals surface area contributed by atoms with Gasteiger partial charge in [0.15, 0.2) is 0 Å². The molecule has 1 aromatic carbocycles. The molecule has 86 valence electrons. The van der Waals surface area contributed by atoms with Crippen LogP contribution in [0.4, 0.5) is 0 Å². The lowest BCUT2D eigenvalue weighted by atomic mass is 9.96. The molecular weight excluding hydrogens is 198 g/mol. The summed E-state index contributed by atoms with van der Waals surface area (Å²) in [7, 11) is 0. The Morgan fingerprint density at radius 2 is 2.12 bits per heavy atom. The Morgan fingerprint density at radius 3 is 3.00 bits per heavy atom. The fourth-order valence-electron chi connectivity index (χ4n) is 2.74. The minimum Gasteiger partial charge on any atom is -0.372 e. The van der Waals surface area contributed by atoms with Crippen LogP contribution in [0.25, 0.3) is 0 Å². The number of nitrogens with one attached hydrogen (secondary N) is 1. The number of ether oxygens (including phenoxy) is 1. The SMILES string of the molecule is c1cc2c(cc1CC1CCCCN1)COC2. The molecule has 0 saturated carbocycles. The predicted octanol–water partition coefficient (Wildman–Crippen LogP) is 2.40. The van der Waals surface area contributed by atoms with Crippen LogP contribution in [0.2, 0.25) is 0 Å². The van der Waals surface area contributed by atoms with Crippen LogP contribution in [0.15, 0.2) is 18.2 Å². The van der Waals surface area contributed by atoms with Crippen molar-refractivity contribution in [2.75, 3.05) is 6.54 Å². The van der Waals surface area contributed by atoms with Crippen molar-refractivity contribution in [1.29, 1.82) is 0 Å². The molecule has 0 aromatic heterocycles. The topological polar surface area (TPSA) is 21.3 Å². The number of fused-ring (bicyclic) bond motifs is 1. The normalized spacial score (nSPS) is 24.4. The van der Waals surface area contributed by atoms with Crippen molar-refractivity contribution in [3.8, 4) is 0 Å². The van der Waals surface area contributed by atoms with Gasteiger partial charge in [-0.15, -0.1) is 0 Å². The molecule has 1 unspecified atom stereocenters. The zero-order chi connectivity index (χ0) is 10.8. The van der Waals surface area contributed by atoms with E-state index in [1.165, 1.54) is 48.9 Å². The van der Waals surface area contributed by atoms with Gasteiger partial charge in [-0.3, -0.25) is 0 Å². The molecule has 2 heteroatoms. The lowest BCUT2D eigenvalue weighted by Gasteiger charge is -2.23. The van der Waals surface area contributed by atoms with Crippen LogP contribution in [0, 0.1) is 0 Å². The number of rotatable bonds is 2. The Bertz CT molecular complexity index is 369. The van der Waals surface area contributed by atoms with E-state index < -0.39 is 0 Å². The molecule has 16 heavy (non-hydrogen) atoms. The van der Waals surface area contributed by atoms with Gasteiger partial charge in [0, 0.05) is 6.04 Å². The van der Waals surface area contributed by atoms with Crippen molar-refractivity contribution < 1.29 is 4.74 Å². The number of piperidine rings is 1. The molecule has 1 fully saturated rings. The van der Waals surface area contributed by atoms with E-state index in [2.05, 4.69) is 23.5 Å². The summed E-state index contributed by atoms with van der Waals surface area (Å²) in [6, 6.07) is 7.53. The molecule has 3 rings (SSSR count). The second kappa shape index (κ2) is 4.56. The van der Waals surface area contributed by atoms with Gasteiger partial charge in [0.25, 0.3) is 0 Å². The van der Waals surface area contributed by atoms with Crippen LogP contribution in [0.1, 0.15) is 36.0 Å². The van der Waals surface area contributed by atoms with Crippen LogP contribution in [-0.2, 0) is 24.4 Å². The van der Waals surface area contributed by atoms with Crippen molar-refractivity contribution in [3.63, 3.8) is 0 Å². The molecule has 2 aliphatic heterocycles. The summed E-state index contributed by atoms with van der Waals surface area (Å²) in [5.41, 5.74) is 4.23. The van der Waals surface area contributed by atoms with Crippen molar-refractivity contribution in [2.45, 2.75) is 44.9 Å². The van der Waals surface area contributed by atoms with Crippen molar-refractivity contribution in [1.82, 2.24) is 5.32 Å². The third kappa shape index (κ3) is 2.13. The maximum absolute atomic E-state index is 5.44. The Hall–Kier alpha value is -0.860. The van der Waals surface area contributed by atoms with Gasteiger partial charge < -0.3 is 10.1 Å². The van der Waals surface area contributed by atoms with Crippen molar-refractivity contribution in [2.24, 2.45) is 0 Å². The zero-order valence-corrected chi connectivity index (χ0v) is 9.67. The van der Waals surface area contributed by atoms with Gasteiger partial charge >= 0.3 is 0 Å². The third-order valence-electron chi connectivity index (χ3n) is 3.68. The van der Waals surface area contributed by atoms with Gasteiger partial charge in [-0.25, -0.2) is 0 Å². The Labute approximate surface area is 97.0 Å². The highest BCUT2D eigenvalue weighted by Gasteiger charge is 2.15. The number of benzene rings is 1. The number of hydrogen-bond donors (Lipinski definition) is 1. The van der Waals surface area contributed by atoms with E-state index in [1.807, 2.05) is 0 Å². The largest absolute Gasteiger partial charge is 0.372 e. The smallest absolute Gasteiger partial charge is 0.0725 e. The molecule has 0 radical (unpaired) electrons. The molecule has 2 nitrogen and oxygen atoms in total. The minimum absolute atomic E-state index is 0.689. The molecule has 1 saturated heterocycles. The number of hydrogen-bond acceptors (Lipinski definition) is 2. The monoisotopic (exact) mass is 217 g/mol. The van der Waals surface area contributed by atoms with Gasteiger partial charge in [0.1, 0.15) is 0 Å². The van der Waals surface area contributed by atoms with Crippen LogP contribution >= 0.6 is 0 Å². The maximum atomic E-state index is 5.44. The van der Waals surface area contributed by atoms with E-state index in [9.17, 15) is 0 Å². The molecule has 1 atom stereocenters. The van der Waals surface area contributed by atoms with Gasteiger partial charge in [-0.1, -0.05) is 24.6 Å². The van der Waals surface area contributed by atoms with Crippen LogP contribution in [0.5, 0.6) is 0 Å². The summed E-state index contributed by atoms with van der Waals surface area (Å²) in [5, 5.41) is 3.60. The molecule has 0 aliphatic carbocycles. The van der Waals surface area contributed by atoms with E-state index in [4.69, 9.17) is 4.74 Å². The minimum atomic E-state index is 0.689. The second-order valence-electron chi connectivity index (χ2n) is 4.95. The Kier molecular flexibility index (Phi) is 2.94. The first kappa shape index (κ1) is 10.3. The molecule has 1 N–H and O–H groups in total. The maximum Gasteiger partial charge on any atom is 0.0725 e. The Balaban J connectivity index is 1.69. The molecule has 0 amide bonds. The van der Waals surface area contributed by atoms with E-state index in [1.54, 1.807) is 0 Å². The van der Waals surface area contributed by atoms with Crippen molar-refractivity contribution >= 4 is 0 Å². The summed E-state index contributed by atoms with van der Waals surface area (Å²) in [6.07, 6.45) is 5.22. The average Bonchev–Trinajstić information content (AvgIpc) is 2.77. The average molecular weight is 217 g/mol. The quantitative estimate of drug-likeness (QED) is 0.821. The summed E-state index contributed by atoms with van der Waals surface area (Å²) >= 11 is 0. The molecular formula is C14H19NO. The molecule has 0 bridgehead atoms. The molecule has 0 spiro atoms. The Morgan fingerprint density at radius 1 is 1.19 bits per heavy atom. The highest BCUT2D eigenvalue weighted by molar-refractivity contribution is 5.33. The fraction of sp³-hybridized carbons (Fsp3) is 0.571. The third-order valence-corrected chi connectivity index (χ3v) is 3.68. The van der Waals surface area contributed by atoms with Gasteiger partial charge in [0.2, 0.25) is 0 Å². The standard InChI is InChI=1S/C14H19NO/c1-2-6-15-14(3-1)8-11-4-5-12-9-16-10-13(12)7-11/h4-5,7,14-15H,1-3,6,8-10H2. The van der Waals surface area contributed by atoms with Gasteiger partial charge in [0.05, 0.1) is 13.2 Å².